The Morgan fingerprint density at radius 1 is 1.06 bits per heavy atom. The zero-order chi connectivity index (χ0) is 26.1. The molecular weight excluding hydrogens is 482 g/mol. The SMILES string of the molecule is CCC(C)OC(=O)c1ccc(C(=O)NS(=O)(=O)c2ccc(CCNC(=O)C3CCCCC3)cc2)cn1. The Hall–Kier alpha value is -3.27. The Morgan fingerprint density at radius 3 is 2.36 bits per heavy atom. The van der Waals surface area contributed by atoms with Crippen LogP contribution in [0.4, 0.5) is 0 Å². The van der Waals surface area contributed by atoms with Crippen molar-refractivity contribution < 1.29 is 27.5 Å². The number of rotatable bonds is 10. The molecule has 1 aliphatic carbocycles. The van der Waals surface area contributed by atoms with Gasteiger partial charge in [-0.05, 0) is 62.4 Å². The molecule has 0 spiro atoms. The molecular formula is C26H33N3O6S. The van der Waals surface area contributed by atoms with Gasteiger partial charge in [0, 0.05) is 18.7 Å². The summed E-state index contributed by atoms with van der Waals surface area (Å²) in [7, 11) is -4.11. The Kier molecular flexibility index (Phi) is 9.58. The van der Waals surface area contributed by atoms with E-state index in [9.17, 15) is 22.8 Å². The van der Waals surface area contributed by atoms with Crippen molar-refractivity contribution in [3.63, 3.8) is 0 Å². The number of hydrogen-bond acceptors (Lipinski definition) is 7. The molecule has 1 aromatic heterocycles. The first-order valence-corrected chi connectivity index (χ1v) is 13.8. The fourth-order valence-corrected chi connectivity index (χ4v) is 4.86. The van der Waals surface area contributed by atoms with Gasteiger partial charge in [-0.15, -0.1) is 0 Å². The molecule has 0 bridgehead atoms. The lowest BCUT2D eigenvalue weighted by molar-refractivity contribution is -0.125. The second-order valence-electron chi connectivity index (χ2n) is 9.01. The van der Waals surface area contributed by atoms with Crippen LogP contribution in [0.25, 0.3) is 0 Å². The number of nitrogens with zero attached hydrogens (tertiary/aromatic N) is 1. The van der Waals surface area contributed by atoms with E-state index in [1.165, 1.54) is 30.7 Å². The van der Waals surface area contributed by atoms with E-state index in [1.807, 2.05) is 11.6 Å². The van der Waals surface area contributed by atoms with Crippen LogP contribution in [0.3, 0.4) is 0 Å². The van der Waals surface area contributed by atoms with Crippen LogP contribution in [0, 0.1) is 5.92 Å². The minimum Gasteiger partial charge on any atom is -0.458 e. The summed E-state index contributed by atoms with van der Waals surface area (Å²) in [6.07, 6.45) is 7.35. The molecule has 36 heavy (non-hydrogen) atoms. The molecule has 0 aliphatic heterocycles. The predicted octanol–water partition coefficient (Wildman–Crippen LogP) is 3.39. The highest BCUT2D eigenvalue weighted by atomic mass is 32.2. The highest BCUT2D eigenvalue weighted by molar-refractivity contribution is 7.90. The summed E-state index contributed by atoms with van der Waals surface area (Å²) in [4.78, 5) is 40.6. The van der Waals surface area contributed by atoms with Gasteiger partial charge in [-0.25, -0.2) is 22.9 Å². The number of carbonyl (C=O) groups excluding carboxylic acids is 3. The third kappa shape index (κ3) is 7.61. The number of hydrogen-bond donors (Lipinski definition) is 2. The van der Waals surface area contributed by atoms with E-state index in [4.69, 9.17) is 4.74 Å². The van der Waals surface area contributed by atoms with Crippen LogP contribution in [0.2, 0.25) is 0 Å². The molecule has 194 valence electrons. The number of pyridine rings is 1. The monoisotopic (exact) mass is 515 g/mol. The summed E-state index contributed by atoms with van der Waals surface area (Å²) < 4.78 is 32.5. The molecule has 2 N–H and O–H groups in total. The highest BCUT2D eigenvalue weighted by Crippen LogP contribution is 2.23. The first-order chi connectivity index (χ1) is 17.2. The first-order valence-electron chi connectivity index (χ1n) is 12.3. The van der Waals surface area contributed by atoms with Crippen molar-refractivity contribution in [2.24, 2.45) is 5.92 Å². The maximum atomic E-state index is 12.7. The second-order valence-corrected chi connectivity index (χ2v) is 10.7. The molecule has 1 saturated carbocycles. The van der Waals surface area contributed by atoms with Crippen LogP contribution < -0.4 is 10.0 Å². The Balaban J connectivity index is 1.52. The fraction of sp³-hybridized carbons (Fsp3) is 0.462. The molecule has 1 aliphatic rings. The van der Waals surface area contributed by atoms with Gasteiger partial charge in [-0.3, -0.25) is 9.59 Å². The first kappa shape index (κ1) is 27.3. The number of carbonyl (C=O) groups is 3. The van der Waals surface area contributed by atoms with Gasteiger partial charge in [0.2, 0.25) is 5.91 Å². The molecule has 1 heterocycles. The highest BCUT2D eigenvalue weighted by Gasteiger charge is 2.21. The standard InChI is InChI=1S/C26H33N3O6S/c1-3-18(2)35-26(32)23-14-11-21(17-28-23)25(31)29-36(33,34)22-12-9-19(10-13-22)15-16-27-24(30)20-7-5-4-6-8-20/h9-14,17-18,20H,3-8,15-16H2,1-2H3,(H,27,30)(H,29,31). The van der Waals surface area contributed by atoms with Gasteiger partial charge in [0.25, 0.3) is 15.9 Å². The van der Waals surface area contributed by atoms with E-state index in [-0.39, 0.29) is 34.1 Å². The van der Waals surface area contributed by atoms with Gasteiger partial charge < -0.3 is 10.1 Å². The topological polar surface area (TPSA) is 132 Å². The molecule has 0 saturated heterocycles. The van der Waals surface area contributed by atoms with Crippen LogP contribution in [-0.2, 0) is 26.0 Å². The van der Waals surface area contributed by atoms with Crippen molar-refractivity contribution in [2.45, 2.75) is 69.8 Å². The van der Waals surface area contributed by atoms with Gasteiger partial charge >= 0.3 is 5.97 Å². The molecule has 10 heteroatoms. The average molecular weight is 516 g/mol. The van der Waals surface area contributed by atoms with Gasteiger partial charge in [-0.1, -0.05) is 38.3 Å². The van der Waals surface area contributed by atoms with Gasteiger partial charge in [-0.2, -0.15) is 0 Å². The van der Waals surface area contributed by atoms with Crippen molar-refractivity contribution in [2.75, 3.05) is 6.54 Å². The molecule has 3 rings (SSSR count). The van der Waals surface area contributed by atoms with Crippen molar-refractivity contribution in [3.05, 3.63) is 59.4 Å². The third-order valence-corrected chi connectivity index (χ3v) is 7.61. The zero-order valence-corrected chi connectivity index (χ0v) is 21.5. The largest absolute Gasteiger partial charge is 0.458 e. The molecule has 2 amide bonds. The number of amides is 2. The minimum absolute atomic E-state index is 0.0102. The zero-order valence-electron chi connectivity index (χ0n) is 20.7. The van der Waals surface area contributed by atoms with E-state index in [0.717, 1.165) is 37.4 Å². The molecule has 9 nitrogen and oxygen atoms in total. The second kappa shape index (κ2) is 12.6. The van der Waals surface area contributed by atoms with E-state index >= 15 is 0 Å². The summed E-state index contributed by atoms with van der Waals surface area (Å²) >= 11 is 0. The van der Waals surface area contributed by atoms with Gasteiger partial charge in [0.05, 0.1) is 16.6 Å². The Labute approximate surface area is 212 Å². The molecule has 2 aromatic rings. The molecule has 1 aromatic carbocycles. The minimum atomic E-state index is -4.11. The lowest BCUT2D eigenvalue weighted by Crippen LogP contribution is -2.33. The lowest BCUT2D eigenvalue weighted by Gasteiger charge is -2.20. The number of esters is 1. The molecule has 1 unspecified atom stereocenters. The van der Waals surface area contributed by atoms with E-state index in [1.54, 1.807) is 19.1 Å². The van der Waals surface area contributed by atoms with E-state index < -0.39 is 21.9 Å². The lowest BCUT2D eigenvalue weighted by atomic mass is 9.88. The maximum absolute atomic E-state index is 12.7. The maximum Gasteiger partial charge on any atom is 0.357 e. The van der Waals surface area contributed by atoms with Gasteiger partial charge in [0.15, 0.2) is 0 Å². The number of aromatic nitrogens is 1. The fourth-order valence-electron chi connectivity index (χ4n) is 3.89. The van der Waals surface area contributed by atoms with Crippen molar-refractivity contribution in [1.29, 1.82) is 0 Å². The summed E-state index contributed by atoms with van der Waals surface area (Å²) in [5.74, 6) is -1.29. The van der Waals surface area contributed by atoms with Crippen LogP contribution in [0.1, 0.15) is 78.8 Å². The number of sulfonamides is 1. The molecule has 0 radical (unpaired) electrons. The normalized spacial score (nSPS) is 15.1. The van der Waals surface area contributed by atoms with E-state index in [2.05, 4.69) is 10.3 Å². The van der Waals surface area contributed by atoms with Crippen molar-refractivity contribution in [3.8, 4) is 0 Å². The smallest absolute Gasteiger partial charge is 0.357 e. The van der Waals surface area contributed by atoms with Crippen LogP contribution >= 0.6 is 0 Å². The summed E-state index contributed by atoms with van der Waals surface area (Å²) in [5, 5.41) is 2.96. The average Bonchev–Trinajstić information content (AvgIpc) is 2.89. The Morgan fingerprint density at radius 2 is 1.75 bits per heavy atom. The number of ether oxygens (including phenoxy) is 1. The molecule has 1 fully saturated rings. The number of nitrogens with one attached hydrogen (secondary N) is 2. The predicted molar refractivity (Wildman–Crippen MR) is 134 cm³/mol. The summed E-state index contributed by atoms with van der Waals surface area (Å²) in [6.45, 7) is 4.12. The summed E-state index contributed by atoms with van der Waals surface area (Å²) in [5.41, 5.74) is 0.887. The van der Waals surface area contributed by atoms with Crippen LogP contribution in [0.15, 0.2) is 47.5 Å². The van der Waals surface area contributed by atoms with Crippen LogP contribution in [-0.4, -0.2) is 43.8 Å². The third-order valence-electron chi connectivity index (χ3n) is 6.27. The van der Waals surface area contributed by atoms with Crippen molar-refractivity contribution >= 4 is 27.8 Å². The number of benzene rings is 1. The van der Waals surface area contributed by atoms with E-state index in [0.29, 0.717) is 19.4 Å². The van der Waals surface area contributed by atoms with Crippen LogP contribution in [0.5, 0.6) is 0 Å². The van der Waals surface area contributed by atoms with Crippen molar-refractivity contribution in [1.82, 2.24) is 15.0 Å². The van der Waals surface area contributed by atoms with Gasteiger partial charge in [0.1, 0.15) is 5.69 Å². The quantitative estimate of drug-likeness (QED) is 0.464. The summed E-state index contributed by atoms with van der Waals surface area (Å²) in [6, 6.07) is 8.78. The molecule has 1 atom stereocenters. The Bertz CT molecular complexity index is 1160.